The average molecular weight is 590 g/mol. The highest BCUT2D eigenvalue weighted by atomic mass is 32.1. The first kappa shape index (κ1) is 29.7. The third kappa shape index (κ3) is 6.89. The van der Waals surface area contributed by atoms with Crippen molar-refractivity contribution in [1.29, 1.82) is 0 Å². The van der Waals surface area contributed by atoms with E-state index in [4.69, 9.17) is 32.8 Å². The van der Waals surface area contributed by atoms with Crippen molar-refractivity contribution in [2.75, 3.05) is 6.61 Å². The molecular weight excluding hydrogens is 562 g/mol. The Kier molecular flexibility index (Phi) is 9.03. The molecule has 14 heteroatoms. The fraction of sp³-hybridized carbons (Fsp3) is 0.407. The molecule has 0 spiro atoms. The molecule has 41 heavy (non-hydrogen) atoms. The maximum atomic E-state index is 13.2. The number of hydrogen-bond acceptors (Lipinski definition) is 14. The number of benzene rings is 1. The zero-order valence-corrected chi connectivity index (χ0v) is 23.6. The summed E-state index contributed by atoms with van der Waals surface area (Å²) in [5, 5.41) is 2.01. The van der Waals surface area contributed by atoms with Crippen molar-refractivity contribution in [2.45, 2.75) is 65.3 Å². The van der Waals surface area contributed by atoms with Crippen molar-refractivity contribution in [3.8, 4) is 17.0 Å². The number of nitrogens with zero attached hydrogens (tertiary/aromatic N) is 1. The molecule has 0 bridgehead atoms. The molecule has 4 rings (SSSR count). The SMILES string of the molecule is CC(=O)OC[C@H]1O[C@@H](Oc2ccc3c(=O)c(-c4cscn4)c(C)oc3c2)[C@H](OC(C)=O)[C@@H](OC(C)=O)[C@@H]1OC(C)=O. The summed E-state index contributed by atoms with van der Waals surface area (Å²) >= 11 is 1.35. The van der Waals surface area contributed by atoms with E-state index in [-0.39, 0.29) is 22.1 Å². The molecule has 0 saturated carbocycles. The van der Waals surface area contributed by atoms with E-state index in [1.165, 1.54) is 36.5 Å². The summed E-state index contributed by atoms with van der Waals surface area (Å²) in [6, 6.07) is 4.42. The summed E-state index contributed by atoms with van der Waals surface area (Å²) in [6.07, 6.45) is -6.73. The van der Waals surface area contributed by atoms with Crippen molar-refractivity contribution in [2.24, 2.45) is 0 Å². The van der Waals surface area contributed by atoms with Gasteiger partial charge in [0.1, 0.15) is 29.8 Å². The Morgan fingerprint density at radius 3 is 2.20 bits per heavy atom. The van der Waals surface area contributed by atoms with Gasteiger partial charge in [0, 0.05) is 39.1 Å². The van der Waals surface area contributed by atoms with E-state index in [0.717, 1.165) is 20.8 Å². The van der Waals surface area contributed by atoms with Gasteiger partial charge >= 0.3 is 23.9 Å². The van der Waals surface area contributed by atoms with Crippen molar-refractivity contribution in [3.05, 3.63) is 45.1 Å². The third-order valence-corrected chi connectivity index (χ3v) is 6.52. The molecule has 0 amide bonds. The molecule has 13 nitrogen and oxygen atoms in total. The lowest BCUT2D eigenvalue weighted by molar-refractivity contribution is -0.288. The zero-order valence-electron chi connectivity index (χ0n) is 22.7. The number of ether oxygens (including phenoxy) is 6. The van der Waals surface area contributed by atoms with Crippen LogP contribution in [-0.4, -0.2) is 66.2 Å². The summed E-state index contributed by atoms with van der Waals surface area (Å²) < 4.78 is 39.1. The Bertz CT molecular complexity index is 1510. The number of carbonyl (C=O) groups is 4. The van der Waals surface area contributed by atoms with E-state index in [2.05, 4.69) is 4.98 Å². The van der Waals surface area contributed by atoms with Crippen LogP contribution in [0.25, 0.3) is 22.2 Å². The van der Waals surface area contributed by atoms with Crippen molar-refractivity contribution in [3.63, 3.8) is 0 Å². The Hall–Kier alpha value is -4.30. The van der Waals surface area contributed by atoms with Crippen molar-refractivity contribution in [1.82, 2.24) is 4.98 Å². The van der Waals surface area contributed by atoms with E-state index in [9.17, 15) is 24.0 Å². The van der Waals surface area contributed by atoms with Crippen LogP contribution >= 0.6 is 11.3 Å². The molecule has 1 saturated heterocycles. The fourth-order valence-electron chi connectivity index (χ4n) is 4.41. The summed E-state index contributed by atoms with van der Waals surface area (Å²) in [6.45, 7) is 5.79. The van der Waals surface area contributed by atoms with Crippen LogP contribution in [0.15, 0.2) is 38.3 Å². The van der Waals surface area contributed by atoms with Crippen LogP contribution in [0.2, 0.25) is 0 Å². The molecule has 3 aromatic rings. The van der Waals surface area contributed by atoms with Crippen molar-refractivity contribution >= 4 is 46.2 Å². The first-order valence-corrected chi connectivity index (χ1v) is 13.3. The molecule has 1 aliphatic rings. The lowest BCUT2D eigenvalue weighted by Gasteiger charge is -2.43. The minimum Gasteiger partial charge on any atom is -0.463 e. The number of rotatable bonds is 8. The van der Waals surface area contributed by atoms with E-state index in [1.54, 1.807) is 17.8 Å². The van der Waals surface area contributed by atoms with Crippen molar-refractivity contribution < 1.29 is 52.0 Å². The maximum Gasteiger partial charge on any atom is 0.303 e. The smallest absolute Gasteiger partial charge is 0.303 e. The highest BCUT2D eigenvalue weighted by Gasteiger charge is 2.53. The minimum absolute atomic E-state index is 0.141. The largest absolute Gasteiger partial charge is 0.463 e. The lowest BCUT2D eigenvalue weighted by Crippen LogP contribution is -2.63. The number of hydrogen-bond donors (Lipinski definition) is 0. The Morgan fingerprint density at radius 1 is 0.927 bits per heavy atom. The van der Waals surface area contributed by atoms with Gasteiger partial charge in [0.05, 0.1) is 22.2 Å². The number of aryl methyl sites for hydroxylation is 1. The third-order valence-electron chi connectivity index (χ3n) is 5.93. The summed E-state index contributed by atoms with van der Waals surface area (Å²) in [5.74, 6) is -2.44. The molecule has 0 radical (unpaired) electrons. The molecule has 1 fully saturated rings. The molecule has 1 aromatic carbocycles. The second-order valence-electron chi connectivity index (χ2n) is 9.08. The standard InChI is InChI=1S/C27H27NO12S/c1-12-22(19-10-41-11-28-19)23(33)18-7-6-17(8-20(18)35-12)39-27-26(38-16(5)32)25(37-15(4)31)24(36-14(3)30)21(40-27)9-34-13(2)29/h6-8,10-11,21,24-27H,9H2,1-5H3/t21-,24-,25+,26-,27-/m1/s1. The van der Waals surface area contributed by atoms with E-state index < -0.39 is 61.2 Å². The van der Waals surface area contributed by atoms with Crippen LogP contribution in [0.4, 0.5) is 0 Å². The van der Waals surface area contributed by atoms with Crippen LogP contribution < -0.4 is 10.2 Å². The van der Waals surface area contributed by atoms with Gasteiger partial charge in [-0.15, -0.1) is 11.3 Å². The van der Waals surface area contributed by atoms with Gasteiger partial charge in [-0.1, -0.05) is 0 Å². The van der Waals surface area contributed by atoms with Crippen LogP contribution in [0.3, 0.4) is 0 Å². The van der Waals surface area contributed by atoms with E-state index in [1.807, 2.05) is 0 Å². The summed E-state index contributed by atoms with van der Waals surface area (Å²) in [7, 11) is 0. The molecule has 5 atom stereocenters. The van der Waals surface area contributed by atoms with Gasteiger partial charge in [-0.05, 0) is 19.1 Å². The number of carbonyl (C=O) groups excluding carboxylic acids is 4. The van der Waals surface area contributed by atoms with Gasteiger partial charge in [0.2, 0.25) is 17.8 Å². The molecule has 218 valence electrons. The molecular formula is C27H27NO12S. The van der Waals surface area contributed by atoms with Gasteiger partial charge in [0.25, 0.3) is 0 Å². The first-order chi connectivity index (χ1) is 19.4. The maximum absolute atomic E-state index is 13.2. The van der Waals surface area contributed by atoms with Crippen LogP contribution in [-0.2, 0) is 42.9 Å². The van der Waals surface area contributed by atoms with Crippen LogP contribution in [0, 0.1) is 6.92 Å². The average Bonchev–Trinajstić information content (AvgIpc) is 3.40. The van der Waals surface area contributed by atoms with Crippen LogP contribution in [0.5, 0.6) is 5.75 Å². The Morgan fingerprint density at radius 2 is 1.59 bits per heavy atom. The number of esters is 4. The molecule has 3 heterocycles. The highest BCUT2D eigenvalue weighted by Crippen LogP contribution is 2.32. The lowest BCUT2D eigenvalue weighted by atomic mass is 9.98. The predicted octanol–water partition coefficient (Wildman–Crippen LogP) is 2.69. The molecule has 0 aliphatic carbocycles. The quantitative estimate of drug-likeness (QED) is 0.278. The van der Waals surface area contributed by atoms with Gasteiger partial charge in [-0.2, -0.15) is 0 Å². The topological polar surface area (TPSA) is 167 Å². The minimum atomic E-state index is -1.44. The number of thiazole rings is 1. The second kappa shape index (κ2) is 12.5. The monoisotopic (exact) mass is 589 g/mol. The first-order valence-electron chi connectivity index (χ1n) is 12.4. The predicted molar refractivity (Wildman–Crippen MR) is 141 cm³/mol. The highest BCUT2D eigenvalue weighted by molar-refractivity contribution is 7.07. The molecule has 1 aliphatic heterocycles. The Balaban J connectivity index is 1.73. The molecule has 0 unspecified atom stereocenters. The van der Waals surface area contributed by atoms with Gasteiger partial charge in [-0.25, -0.2) is 4.98 Å². The molecule has 0 N–H and O–H groups in total. The van der Waals surface area contributed by atoms with Gasteiger partial charge in [-0.3, -0.25) is 24.0 Å². The zero-order chi connectivity index (χ0) is 29.8. The van der Waals surface area contributed by atoms with E-state index in [0.29, 0.717) is 17.0 Å². The molecule has 2 aromatic heterocycles. The van der Waals surface area contributed by atoms with E-state index >= 15 is 0 Å². The summed E-state index contributed by atoms with van der Waals surface area (Å²) in [4.78, 5) is 64.9. The van der Waals surface area contributed by atoms with Crippen LogP contribution in [0.1, 0.15) is 33.5 Å². The van der Waals surface area contributed by atoms with Gasteiger partial charge < -0.3 is 32.8 Å². The normalized spacial score (nSPS) is 22.0. The fourth-order valence-corrected chi connectivity index (χ4v) is 4.95. The number of fused-ring (bicyclic) bond motifs is 1. The van der Waals surface area contributed by atoms with Gasteiger partial charge in [0.15, 0.2) is 12.2 Å². The Labute approximate surface area is 237 Å². The number of aromatic nitrogens is 1. The second-order valence-corrected chi connectivity index (χ2v) is 9.80. The summed E-state index contributed by atoms with van der Waals surface area (Å²) in [5.41, 5.74) is 2.37.